The van der Waals surface area contributed by atoms with Gasteiger partial charge in [-0.15, -0.1) is 0 Å². The molecular formula is C17H20ClNO3. The minimum atomic E-state index is -0.388. The fourth-order valence-corrected chi connectivity index (χ4v) is 2.51. The highest BCUT2D eigenvalue weighted by molar-refractivity contribution is 6.35. The molecule has 118 valence electrons. The van der Waals surface area contributed by atoms with Crippen molar-refractivity contribution >= 4 is 28.5 Å². The maximum atomic E-state index is 11.7. The molecule has 0 saturated heterocycles. The number of hydrogen-bond acceptors (Lipinski definition) is 4. The molecule has 0 aliphatic rings. The lowest BCUT2D eigenvalue weighted by molar-refractivity contribution is -0.151. The molecule has 0 saturated carbocycles. The van der Waals surface area contributed by atoms with Crippen molar-refractivity contribution in [2.45, 2.75) is 33.3 Å². The van der Waals surface area contributed by atoms with Gasteiger partial charge in [0.15, 0.2) is 6.61 Å². The van der Waals surface area contributed by atoms with E-state index in [4.69, 9.17) is 21.1 Å². The van der Waals surface area contributed by atoms with Crippen LogP contribution in [0.4, 0.5) is 0 Å². The largest absolute Gasteiger partial charge is 0.466 e. The summed E-state index contributed by atoms with van der Waals surface area (Å²) in [6, 6.07) is 8.99. The van der Waals surface area contributed by atoms with Crippen molar-refractivity contribution in [2.75, 3.05) is 6.61 Å². The summed E-state index contributed by atoms with van der Waals surface area (Å²) in [6.07, 6.45) is 0.720. The van der Waals surface area contributed by atoms with E-state index in [0.29, 0.717) is 16.8 Å². The normalized spacial score (nSPS) is 12.4. The Morgan fingerprint density at radius 3 is 2.73 bits per heavy atom. The average Bonchev–Trinajstić information content (AvgIpc) is 2.44. The molecule has 1 heterocycles. The van der Waals surface area contributed by atoms with Crippen LogP contribution >= 0.6 is 11.6 Å². The fraction of sp³-hybridized carbons (Fsp3) is 0.412. The van der Waals surface area contributed by atoms with Gasteiger partial charge in [0.1, 0.15) is 0 Å². The summed E-state index contributed by atoms with van der Waals surface area (Å²) < 4.78 is 10.7. The Hall–Kier alpha value is -1.81. The molecule has 0 spiro atoms. The first-order valence-electron chi connectivity index (χ1n) is 7.33. The maximum absolute atomic E-state index is 11.7. The second kappa shape index (κ2) is 7.45. The Labute approximate surface area is 135 Å². The number of aromatic nitrogens is 1. The Kier molecular flexibility index (Phi) is 5.61. The van der Waals surface area contributed by atoms with Crippen LogP contribution in [0.15, 0.2) is 30.3 Å². The molecule has 0 amide bonds. The highest BCUT2D eigenvalue weighted by Gasteiger charge is 2.12. The predicted molar refractivity (Wildman–Crippen MR) is 87.3 cm³/mol. The average molecular weight is 322 g/mol. The minimum Gasteiger partial charge on any atom is -0.466 e. The first-order valence-corrected chi connectivity index (χ1v) is 7.71. The molecule has 0 aliphatic heterocycles. The number of carbonyl (C=O) groups excluding carboxylic acids is 1. The molecule has 0 aliphatic carbocycles. The van der Waals surface area contributed by atoms with E-state index >= 15 is 0 Å². The molecule has 0 bridgehead atoms. The van der Waals surface area contributed by atoms with Crippen LogP contribution in [0, 0.1) is 5.92 Å². The first-order chi connectivity index (χ1) is 10.5. The van der Waals surface area contributed by atoms with Crippen LogP contribution in [0.25, 0.3) is 10.9 Å². The summed E-state index contributed by atoms with van der Waals surface area (Å²) in [5, 5.41) is 1.49. The SMILES string of the molecule is CC(C)CC(C)OC(=O)COc1ccc2c(Cl)cccc2n1. The summed E-state index contributed by atoms with van der Waals surface area (Å²) in [4.78, 5) is 16.1. The number of rotatable bonds is 6. The van der Waals surface area contributed by atoms with Crippen LogP contribution in [-0.2, 0) is 9.53 Å². The Morgan fingerprint density at radius 1 is 1.23 bits per heavy atom. The number of benzene rings is 1. The predicted octanol–water partition coefficient (Wildman–Crippen LogP) is 4.24. The molecule has 1 unspecified atom stereocenters. The van der Waals surface area contributed by atoms with Crippen LogP contribution < -0.4 is 4.74 Å². The number of nitrogens with zero attached hydrogens (tertiary/aromatic N) is 1. The summed E-state index contributed by atoms with van der Waals surface area (Å²) >= 11 is 6.08. The highest BCUT2D eigenvalue weighted by Crippen LogP contribution is 2.23. The van der Waals surface area contributed by atoms with Gasteiger partial charge in [0.05, 0.1) is 11.6 Å². The summed E-state index contributed by atoms with van der Waals surface area (Å²) in [6.45, 7) is 5.91. The summed E-state index contributed by atoms with van der Waals surface area (Å²) in [5.41, 5.74) is 0.728. The minimum absolute atomic E-state index is 0.112. The van der Waals surface area contributed by atoms with Gasteiger partial charge < -0.3 is 9.47 Å². The number of pyridine rings is 1. The quantitative estimate of drug-likeness (QED) is 0.746. The maximum Gasteiger partial charge on any atom is 0.344 e. The van der Waals surface area contributed by atoms with Crippen molar-refractivity contribution in [3.63, 3.8) is 0 Å². The van der Waals surface area contributed by atoms with Crippen LogP contribution in [0.3, 0.4) is 0 Å². The number of carbonyl (C=O) groups is 1. The van der Waals surface area contributed by atoms with Crippen molar-refractivity contribution in [1.82, 2.24) is 4.98 Å². The van der Waals surface area contributed by atoms with Gasteiger partial charge in [-0.25, -0.2) is 9.78 Å². The summed E-state index contributed by atoms with van der Waals surface area (Å²) in [7, 11) is 0. The number of halogens is 1. The number of esters is 1. The van der Waals surface area contributed by atoms with Crippen molar-refractivity contribution in [2.24, 2.45) is 5.92 Å². The second-order valence-corrected chi connectivity index (χ2v) is 6.08. The van der Waals surface area contributed by atoms with Gasteiger partial charge in [0, 0.05) is 16.5 Å². The van der Waals surface area contributed by atoms with E-state index < -0.39 is 0 Å². The van der Waals surface area contributed by atoms with Crippen molar-refractivity contribution in [3.05, 3.63) is 35.4 Å². The van der Waals surface area contributed by atoms with E-state index in [9.17, 15) is 4.79 Å². The Balaban J connectivity index is 1.93. The molecule has 5 heteroatoms. The van der Waals surface area contributed by atoms with E-state index in [1.807, 2.05) is 25.1 Å². The van der Waals surface area contributed by atoms with E-state index in [1.54, 1.807) is 12.1 Å². The second-order valence-electron chi connectivity index (χ2n) is 5.67. The molecule has 0 fully saturated rings. The lowest BCUT2D eigenvalue weighted by Gasteiger charge is -2.15. The molecule has 0 radical (unpaired) electrons. The standard InChI is InChI=1S/C17H20ClNO3/c1-11(2)9-12(3)22-17(20)10-21-16-8-7-13-14(18)5-4-6-15(13)19-16/h4-8,11-12H,9-10H2,1-3H3. The van der Waals surface area contributed by atoms with Gasteiger partial charge in [-0.05, 0) is 37.5 Å². The Morgan fingerprint density at radius 2 is 2.00 bits per heavy atom. The van der Waals surface area contributed by atoms with E-state index in [-0.39, 0.29) is 18.7 Å². The fourth-order valence-electron chi connectivity index (χ4n) is 2.28. The van der Waals surface area contributed by atoms with Gasteiger partial charge in [0.25, 0.3) is 0 Å². The van der Waals surface area contributed by atoms with Crippen LogP contribution in [-0.4, -0.2) is 23.7 Å². The zero-order valence-corrected chi connectivity index (χ0v) is 13.8. The zero-order valence-electron chi connectivity index (χ0n) is 13.0. The molecule has 1 atom stereocenters. The van der Waals surface area contributed by atoms with Crippen molar-refractivity contribution in [3.8, 4) is 5.88 Å². The molecule has 22 heavy (non-hydrogen) atoms. The van der Waals surface area contributed by atoms with Gasteiger partial charge >= 0.3 is 5.97 Å². The Bertz CT molecular complexity index is 657. The third-order valence-electron chi connectivity index (χ3n) is 3.13. The topological polar surface area (TPSA) is 48.4 Å². The number of ether oxygens (including phenoxy) is 2. The first kappa shape index (κ1) is 16.6. The lowest BCUT2D eigenvalue weighted by atomic mass is 10.1. The van der Waals surface area contributed by atoms with Gasteiger partial charge in [-0.2, -0.15) is 0 Å². The molecule has 0 N–H and O–H groups in total. The molecular weight excluding hydrogens is 302 g/mol. The third kappa shape index (κ3) is 4.60. The molecule has 1 aromatic heterocycles. The number of fused-ring (bicyclic) bond motifs is 1. The summed E-state index contributed by atoms with van der Waals surface area (Å²) in [5.74, 6) is 0.472. The lowest BCUT2D eigenvalue weighted by Crippen LogP contribution is -2.22. The van der Waals surface area contributed by atoms with Crippen molar-refractivity contribution < 1.29 is 14.3 Å². The van der Waals surface area contributed by atoms with E-state index in [2.05, 4.69) is 18.8 Å². The van der Waals surface area contributed by atoms with Crippen LogP contribution in [0.2, 0.25) is 5.02 Å². The van der Waals surface area contributed by atoms with Crippen molar-refractivity contribution in [1.29, 1.82) is 0 Å². The molecule has 2 rings (SSSR count). The van der Waals surface area contributed by atoms with Crippen LogP contribution in [0.5, 0.6) is 5.88 Å². The van der Waals surface area contributed by atoms with Gasteiger partial charge in [-0.1, -0.05) is 31.5 Å². The van der Waals surface area contributed by atoms with E-state index in [0.717, 1.165) is 17.3 Å². The molecule has 2 aromatic rings. The molecule has 4 nitrogen and oxygen atoms in total. The zero-order chi connectivity index (χ0) is 16.1. The van der Waals surface area contributed by atoms with Crippen LogP contribution in [0.1, 0.15) is 27.2 Å². The molecule has 1 aromatic carbocycles. The third-order valence-corrected chi connectivity index (χ3v) is 3.46. The van der Waals surface area contributed by atoms with E-state index in [1.165, 1.54) is 0 Å². The van der Waals surface area contributed by atoms with Gasteiger partial charge in [-0.3, -0.25) is 0 Å². The highest BCUT2D eigenvalue weighted by atomic mass is 35.5. The monoisotopic (exact) mass is 321 g/mol. The smallest absolute Gasteiger partial charge is 0.344 e. The number of hydrogen-bond donors (Lipinski definition) is 0. The van der Waals surface area contributed by atoms with Gasteiger partial charge in [0.2, 0.25) is 5.88 Å².